The van der Waals surface area contributed by atoms with Crippen LogP contribution >= 0.6 is 0 Å². The van der Waals surface area contributed by atoms with Gasteiger partial charge in [0.1, 0.15) is 17.6 Å². The van der Waals surface area contributed by atoms with Crippen molar-refractivity contribution in [3.05, 3.63) is 39.1 Å². The molecule has 3 aromatic heterocycles. The van der Waals surface area contributed by atoms with E-state index < -0.39 is 11.8 Å². The van der Waals surface area contributed by atoms with Crippen molar-refractivity contribution in [3.8, 4) is 5.88 Å². The number of amides is 1. The Bertz CT molecular complexity index is 1280. The number of H-pyrrole nitrogens is 2. The average Bonchev–Trinajstić information content (AvgIpc) is 3.37. The number of anilines is 1. The van der Waals surface area contributed by atoms with E-state index in [1.807, 2.05) is 0 Å². The molecule has 12 nitrogen and oxygen atoms in total. The zero-order valence-electron chi connectivity index (χ0n) is 15.9. The lowest BCUT2D eigenvalue weighted by atomic mass is 10.3. The van der Waals surface area contributed by atoms with E-state index in [0.717, 1.165) is 12.8 Å². The molecule has 4 heterocycles. The van der Waals surface area contributed by atoms with Gasteiger partial charge in [0.05, 0.1) is 18.8 Å². The third kappa shape index (κ3) is 3.69. The number of aromatic hydroxyl groups is 1. The maximum Gasteiger partial charge on any atom is 0.326 e. The number of nitrogens with zero attached hydrogens (tertiary/aromatic N) is 4. The molecule has 2 aliphatic rings. The Morgan fingerprint density at radius 1 is 1.40 bits per heavy atom. The molecule has 2 fully saturated rings. The zero-order valence-corrected chi connectivity index (χ0v) is 15.9. The molecule has 0 spiro atoms. The number of hydrogen-bond donors (Lipinski definition) is 5. The number of carbonyl (C=O) groups excluding carboxylic acids is 1. The van der Waals surface area contributed by atoms with E-state index in [9.17, 15) is 14.7 Å². The predicted octanol–water partition coefficient (Wildman–Crippen LogP) is -2.01. The first-order valence-corrected chi connectivity index (χ1v) is 9.65. The lowest BCUT2D eigenvalue weighted by Crippen LogP contribution is -2.45. The van der Waals surface area contributed by atoms with Crippen molar-refractivity contribution >= 4 is 23.4 Å². The first kappa shape index (κ1) is 18.5. The van der Waals surface area contributed by atoms with Crippen LogP contribution in [-0.2, 0) is 9.53 Å². The molecule has 1 unspecified atom stereocenters. The van der Waals surface area contributed by atoms with Gasteiger partial charge in [-0.1, -0.05) is 0 Å². The minimum Gasteiger partial charge on any atom is -0.493 e. The number of aromatic amines is 2. The highest BCUT2D eigenvalue weighted by molar-refractivity contribution is 5.93. The lowest BCUT2D eigenvalue weighted by molar-refractivity contribution is -0.128. The van der Waals surface area contributed by atoms with Crippen LogP contribution in [0.4, 0.5) is 5.82 Å². The van der Waals surface area contributed by atoms with Crippen LogP contribution in [0.25, 0.3) is 11.7 Å². The highest BCUT2D eigenvalue weighted by Crippen LogP contribution is 2.22. The molecule has 1 amide bonds. The fraction of sp³-hybridized carbons (Fsp3) is 0.389. The van der Waals surface area contributed by atoms with Gasteiger partial charge in [0.15, 0.2) is 11.1 Å². The SMILES string of the molecule is O=C(Nc1cc(=NC2CC2)n2nc/c(=C/c3[nH]c(=O)[nH]c3O)c2n1)C1CNCCO1. The number of aromatic nitrogens is 5. The smallest absolute Gasteiger partial charge is 0.326 e. The summed E-state index contributed by atoms with van der Waals surface area (Å²) in [6.45, 7) is 1.60. The van der Waals surface area contributed by atoms with Crippen LogP contribution in [0.3, 0.4) is 0 Å². The van der Waals surface area contributed by atoms with Gasteiger partial charge in [-0.3, -0.25) is 14.8 Å². The topological polar surface area (TPSA) is 162 Å². The van der Waals surface area contributed by atoms with Gasteiger partial charge in [-0.05, 0) is 18.9 Å². The molecule has 1 saturated heterocycles. The first-order valence-electron chi connectivity index (χ1n) is 9.65. The standard InChI is InChI=1S/C18H20N8O4/c27-16-11(22-18(29)25-16)5-9-7-20-26-14(21-10-1-2-10)6-13(23-15(9)26)24-17(28)12-8-19-3-4-30-12/h5-7,10,12,19,27H,1-4,8H2,(H,24,28)(H2,22,25,29)/b9-5-,21-14?. The Hall–Kier alpha value is -3.51. The number of ether oxygens (including phenoxy) is 1. The van der Waals surface area contributed by atoms with Crippen LogP contribution in [0.1, 0.15) is 18.5 Å². The summed E-state index contributed by atoms with van der Waals surface area (Å²) in [7, 11) is 0. The van der Waals surface area contributed by atoms with Gasteiger partial charge in [-0.15, -0.1) is 0 Å². The van der Waals surface area contributed by atoms with Crippen molar-refractivity contribution in [2.45, 2.75) is 25.0 Å². The van der Waals surface area contributed by atoms with Gasteiger partial charge < -0.3 is 25.5 Å². The molecule has 30 heavy (non-hydrogen) atoms. The van der Waals surface area contributed by atoms with Gasteiger partial charge in [0, 0.05) is 24.4 Å². The summed E-state index contributed by atoms with van der Waals surface area (Å²) in [4.78, 5) is 37.9. The molecule has 0 bridgehead atoms. The monoisotopic (exact) mass is 412 g/mol. The van der Waals surface area contributed by atoms with E-state index in [0.29, 0.717) is 41.9 Å². The van der Waals surface area contributed by atoms with Crippen LogP contribution in [-0.4, -0.2) is 67.4 Å². The van der Waals surface area contributed by atoms with Crippen molar-refractivity contribution in [1.82, 2.24) is 29.9 Å². The normalized spacial score (nSPS) is 20.7. The van der Waals surface area contributed by atoms with E-state index in [1.54, 1.807) is 22.9 Å². The van der Waals surface area contributed by atoms with Crippen molar-refractivity contribution in [3.63, 3.8) is 0 Å². The number of morpholine rings is 1. The third-order valence-corrected chi connectivity index (χ3v) is 4.85. The minimum atomic E-state index is -0.599. The number of fused-ring (bicyclic) bond motifs is 1. The fourth-order valence-electron chi connectivity index (χ4n) is 3.20. The Morgan fingerprint density at radius 2 is 2.27 bits per heavy atom. The Balaban J connectivity index is 1.58. The zero-order chi connectivity index (χ0) is 20.7. The van der Waals surface area contributed by atoms with Gasteiger partial charge in [-0.2, -0.15) is 9.61 Å². The summed E-state index contributed by atoms with van der Waals surface area (Å²) in [5.41, 5.74) is 0.665. The third-order valence-electron chi connectivity index (χ3n) is 4.85. The quantitative estimate of drug-likeness (QED) is 0.331. The van der Waals surface area contributed by atoms with Crippen molar-refractivity contribution in [2.75, 3.05) is 25.0 Å². The van der Waals surface area contributed by atoms with Crippen molar-refractivity contribution < 1.29 is 14.6 Å². The molecule has 1 aliphatic carbocycles. The molecule has 5 rings (SSSR count). The summed E-state index contributed by atoms with van der Waals surface area (Å²) in [6.07, 6.45) is 4.51. The summed E-state index contributed by atoms with van der Waals surface area (Å²) in [5.74, 6) is -0.259. The molecule has 1 aliphatic heterocycles. The lowest BCUT2D eigenvalue weighted by Gasteiger charge is -2.22. The summed E-state index contributed by atoms with van der Waals surface area (Å²) in [5, 5.41) is 20.6. The number of nitrogens with one attached hydrogen (secondary N) is 4. The van der Waals surface area contributed by atoms with Crippen LogP contribution < -0.4 is 27.0 Å². The fourth-order valence-corrected chi connectivity index (χ4v) is 3.20. The highest BCUT2D eigenvalue weighted by atomic mass is 16.5. The minimum absolute atomic E-state index is 0.202. The summed E-state index contributed by atoms with van der Waals surface area (Å²) in [6, 6.07) is 1.90. The largest absolute Gasteiger partial charge is 0.493 e. The second-order valence-electron chi connectivity index (χ2n) is 7.23. The van der Waals surface area contributed by atoms with E-state index >= 15 is 0 Å². The van der Waals surface area contributed by atoms with E-state index in [-0.39, 0.29) is 23.5 Å². The number of imidazole rings is 1. The maximum absolute atomic E-state index is 12.6. The molecule has 0 radical (unpaired) electrons. The molecule has 1 atom stereocenters. The Kier molecular flexibility index (Phi) is 4.56. The van der Waals surface area contributed by atoms with Crippen LogP contribution in [0.2, 0.25) is 0 Å². The van der Waals surface area contributed by atoms with Gasteiger partial charge >= 0.3 is 5.69 Å². The molecule has 3 aromatic rings. The van der Waals surface area contributed by atoms with Crippen molar-refractivity contribution in [1.29, 1.82) is 0 Å². The summed E-state index contributed by atoms with van der Waals surface area (Å²) >= 11 is 0. The second-order valence-corrected chi connectivity index (χ2v) is 7.23. The number of carbonyl (C=O) groups is 1. The van der Waals surface area contributed by atoms with Gasteiger partial charge in [-0.25, -0.2) is 9.78 Å². The number of hydrogen-bond acceptors (Lipinski definition) is 8. The van der Waals surface area contributed by atoms with Crippen LogP contribution in [0, 0.1) is 0 Å². The van der Waals surface area contributed by atoms with Gasteiger partial charge in [0.25, 0.3) is 5.91 Å². The molecule has 0 aromatic carbocycles. The van der Waals surface area contributed by atoms with E-state index in [2.05, 4.69) is 35.7 Å². The van der Waals surface area contributed by atoms with Crippen LogP contribution in [0.15, 0.2) is 22.1 Å². The van der Waals surface area contributed by atoms with Crippen LogP contribution in [0.5, 0.6) is 5.88 Å². The van der Waals surface area contributed by atoms with E-state index in [1.165, 1.54) is 0 Å². The average molecular weight is 412 g/mol. The van der Waals surface area contributed by atoms with E-state index in [4.69, 9.17) is 4.74 Å². The molecule has 5 N–H and O–H groups in total. The second kappa shape index (κ2) is 7.39. The van der Waals surface area contributed by atoms with Crippen molar-refractivity contribution in [2.24, 2.45) is 4.99 Å². The maximum atomic E-state index is 12.6. The first-order chi connectivity index (χ1) is 14.6. The molecular formula is C18H20N8O4. The highest BCUT2D eigenvalue weighted by Gasteiger charge is 2.23. The Labute approximate surface area is 168 Å². The number of rotatable bonds is 4. The summed E-state index contributed by atoms with van der Waals surface area (Å²) < 4.78 is 7.06. The predicted molar refractivity (Wildman–Crippen MR) is 105 cm³/mol. The Morgan fingerprint density at radius 3 is 2.97 bits per heavy atom. The molecular weight excluding hydrogens is 392 g/mol. The van der Waals surface area contributed by atoms with Gasteiger partial charge in [0.2, 0.25) is 5.88 Å². The molecule has 1 saturated carbocycles. The molecule has 156 valence electrons. The molecule has 12 heteroatoms.